The van der Waals surface area contributed by atoms with Crippen LogP contribution in [0.4, 0.5) is 0 Å². The lowest BCUT2D eigenvalue weighted by molar-refractivity contribution is 0.0547. The number of hydrogen-bond acceptors (Lipinski definition) is 2. The van der Waals surface area contributed by atoms with Gasteiger partial charge in [0.05, 0.1) is 6.54 Å². The molecule has 2 aromatic carbocycles. The first kappa shape index (κ1) is 14.9. The number of piperidine rings is 1. The van der Waals surface area contributed by atoms with Gasteiger partial charge in [0.2, 0.25) is 0 Å². The quantitative estimate of drug-likeness (QED) is 0.779. The number of rotatable bonds is 1. The molecule has 2 aliphatic heterocycles. The number of carbonyl (C=O) groups excluding carboxylic acids is 1. The van der Waals surface area contributed by atoms with Crippen molar-refractivity contribution < 1.29 is 4.79 Å². The van der Waals surface area contributed by atoms with Gasteiger partial charge in [0.25, 0.3) is 5.91 Å². The molecule has 0 saturated carbocycles. The zero-order valence-corrected chi connectivity index (χ0v) is 14.3. The standard InChI is InChI=1S/C22H22N2O/c25-22(16-7-8-17-13-23-14-18(17)12-16)24-11-3-6-20-19-5-2-1-4-15(19)9-10-21(20)24/h1-2,4-5,7-8,12,14,20-21H,3,6,9-11,13H2/t20?,21-/m0/s1. The van der Waals surface area contributed by atoms with Gasteiger partial charge in [-0.2, -0.15) is 0 Å². The third kappa shape index (κ3) is 2.41. The largest absolute Gasteiger partial charge is 0.335 e. The third-order valence-corrected chi connectivity index (χ3v) is 6.09. The summed E-state index contributed by atoms with van der Waals surface area (Å²) >= 11 is 0. The number of likely N-dealkylation sites (tertiary alicyclic amines) is 1. The Morgan fingerprint density at radius 3 is 2.96 bits per heavy atom. The molecule has 1 unspecified atom stereocenters. The van der Waals surface area contributed by atoms with Crippen molar-refractivity contribution in [2.24, 2.45) is 4.99 Å². The van der Waals surface area contributed by atoms with E-state index in [0.717, 1.165) is 43.5 Å². The highest BCUT2D eigenvalue weighted by atomic mass is 16.2. The lowest BCUT2D eigenvalue weighted by Gasteiger charge is -2.45. The van der Waals surface area contributed by atoms with Crippen molar-refractivity contribution in [3.05, 3.63) is 70.3 Å². The van der Waals surface area contributed by atoms with Crippen LogP contribution >= 0.6 is 0 Å². The minimum Gasteiger partial charge on any atom is -0.335 e. The Balaban J connectivity index is 1.46. The predicted molar refractivity (Wildman–Crippen MR) is 99.3 cm³/mol. The Morgan fingerprint density at radius 1 is 1.08 bits per heavy atom. The van der Waals surface area contributed by atoms with Gasteiger partial charge in [-0.3, -0.25) is 9.79 Å². The molecule has 0 N–H and O–H groups in total. The molecule has 126 valence electrons. The van der Waals surface area contributed by atoms with E-state index in [-0.39, 0.29) is 5.91 Å². The highest BCUT2D eigenvalue weighted by Crippen LogP contribution is 2.41. The number of fused-ring (bicyclic) bond motifs is 4. The van der Waals surface area contributed by atoms with Crippen LogP contribution in [0.25, 0.3) is 0 Å². The molecule has 0 spiro atoms. The van der Waals surface area contributed by atoms with Gasteiger partial charge in [-0.15, -0.1) is 0 Å². The van der Waals surface area contributed by atoms with E-state index >= 15 is 0 Å². The minimum absolute atomic E-state index is 0.192. The predicted octanol–water partition coefficient (Wildman–Crippen LogP) is 3.95. The van der Waals surface area contributed by atoms with Crippen molar-refractivity contribution in [1.29, 1.82) is 0 Å². The first-order valence-corrected chi connectivity index (χ1v) is 9.33. The van der Waals surface area contributed by atoms with Crippen LogP contribution in [0, 0.1) is 0 Å². The lowest BCUT2D eigenvalue weighted by atomic mass is 9.74. The van der Waals surface area contributed by atoms with Crippen LogP contribution in [0.1, 0.15) is 57.8 Å². The van der Waals surface area contributed by atoms with Crippen LogP contribution in [0.3, 0.4) is 0 Å². The van der Waals surface area contributed by atoms with Crippen LogP contribution in [0.2, 0.25) is 0 Å². The number of carbonyl (C=O) groups is 1. The Kier molecular flexibility index (Phi) is 3.47. The molecule has 0 radical (unpaired) electrons. The van der Waals surface area contributed by atoms with Gasteiger partial charge in [-0.05, 0) is 60.1 Å². The van der Waals surface area contributed by atoms with Crippen molar-refractivity contribution >= 4 is 12.1 Å². The first-order valence-electron chi connectivity index (χ1n) is 9.33. The van der Waals surface area contributed by atoms with E-state index in [2.05, 4.69) is 40.2 Å². The van der Waals surface area contributed by atoms with Gasteiger partial charge < -0.3 is 4.90 Å². The van der Waals surface area contributed by atoms with Crippen molar-refractivity contribution in [1.82, 2.24) is 4.90 Å². The summed E-state index contributed by atoms with van der Waals surface area (Å²) < 4.78 is 0. The fourth-order valence-electron chi connectivity index (χ4n) is 4.86. The molecule has 3 aliphatic rings. The Hall–Kier alpha value is -2.42. The zero-order valence-electron chi connectivity index (χ0n) is 14.3. The van der Waals surface area contributed by atoms with E-state index in [1.807, 2.05) is 18.3 Å². The summed E-state index contributed by atoms with van der Waals surface area (Å²) in [6.07, 6.45) is 6.34. The van der Waals surface area contributed by atoms with Crippen molar-refractivity contribution in [3.63, 3.8) is 0 Å². The van der Waals surface area contributed by atoms with Gasteiger partial charge in [0.1, 0.15) is 0 Å². The molecule has 0 bridgehead atoms. The summed E-state index contributed by atoms with van der Waals surface area (Å²) in [6.45, 7) is 1.63. The molecule has 1 amide bonds. The Labute approximate surface area is 148 Å². The van der Waals surface area contributed by atoms with Crippen molar-refractivity contribution in [3.8, 4) is 0 Å². The molecule has 0 aromatic heterocycles. The zero-order chi connectivity index (χ0) is 16.8. The highest BCUT2D eigenvalue weighted by molar-refractivity contribution is 5.97. The maximum atomic E-state index is 13.2. The molecule has 25 heavy (non-hydrogen) atoms. The fourth-order valence-corrected chi connectivity index (χ4v) is 4.86. The summed E-state index contributed by atoms with van der Waals surface area (Å²) in [6, 6.07) is 15.2. The molecular formula is C22H22N2O. The van der Waals surface area contributed by atoms with Crippen LogP contribution in [0.15, 0.2) is 47.5 Å². The smallest absolute Gasteiger partial charge is 0.254 e. The second-order valence-corrected chi connectivity index (χ2v) is 7.44. The van der Waals surface area contributed by atoms with Crippen molar-refractivity contribution in [2.45, 2.75) is 44.2 Å². The number of aliphatic imine (C=N–C) groups is 1. The van der Waals surface area contributed by atoms with Crippen molar-refractivity contribution in [2.75, 3.05) is 6.54 Å². The molecule has 5 rings (SSSR count). The van der Waals surface area contributed by atoms with Gasteiger partial charge in [-0.1, -0.05) is 30.3 Å². The second kappa shape index (κ2) is 5.83. The van der Waals surface area contributed by atoms with Gasteiger partial charge >= 0.3 is 0 Å². The maximum Gasteiger partial charge on any atom is 0.254 e. The molecule has 3 heteroatoms. The molecule has 2 heterocycles. The normalized spacial score (nSPS) is 23.8. The van der Waals surface area contributed by atoms with Crippen LogP contribution in [0.5, 0.6) is 0 Å². The topological polar surface area (TPSA) is 32.7 Å². The van der Waals surface area contributed by atoms with E-state index in [0.29, 0.717) is 12.0 Å². The molecule has 2 atom stereocenters. The fraction of sp³-hybridized carbons (Fsp3) is 0.364. The SMILES string of the molecule is O=C(c1ccc2c(c1)C=NC2)N1CCCC2c3ccccc3CC[C@@H]21. The number of aryl methyl sites for hydroxylation is 1. The van der Waals surface area contributed by atoms with Gasteiger partial charge in [0, 0.05) is 30.3 Å². The van der Waals surface area contributed by atoms with Crippen LogP contribution in [-0.4, -0.2) is 29.6 Å². The molecule has 2 aromatic rings. The van der Waals surface area contributed by atoms with E-state index in [1.54, 1.807) is 0 Å². The summed E-state index contributed by atoms with van der Waals surface area (Å²) in [5, 5.41) is 0. The minimum atomic E-state index is 0.192. The average Bonchev–Trinajstić information content (AvgIpc) is 3.14. The first-order chi connectivity index (χ1) is 12.3. The van der Waals surface area contributed by atoms with Crippen LogP contribution < -0.4 is 0 Å². The molecule has 1 saturated heterocycles. The summed E-state index contributed by atoms with van der Waals surface area (Å²) in [4.78, 5) is 19.7. The number of amides is 1. The number of benzene rings is 2. The van der Waals surface area contributed by atoms with E-state index in [4.69, 9.17) is 0 Å². The summed E-state index contributed by atoms with van der Waals surface area (Å²) in [5.74, 6) is 0.691. The van der Waals surface area contributed by atoms with Gasteiger partial charge in [-0.25, -0.2) is 0 Å². The van der Waals surface area contributed by atoms with Crippen LogP contribution in [-0.2, 0) is 13.0 Å². The van der Waals surface area contributed by atoms with E-state index in [9.17, 15) is 4.79 Å². The molecular weight excluding hydrogens is 308 g/mol. The molecule has 1 aliphatic carbocycles. The molecule has 3 nitrogen and oxygen atoms in total. The summed E-state index contributed by atoms with van der Waals surface area (Å²) in [5.41, 5.74) is 6.09. The summed E-state index contributed by atoms with van der Waals surface area (Å²) in [7, 11) is 0. The number of hydrogen-bond donors (Lipinski definition) is 0. The lowest BCUT2D eigenvalue weighted by Crippen LogP contribution is -2.49. The third-order valence-electron chi connectivity index (χ3n) is 6.09. The second-order valence-electron chi connectivity index (χ2n) is 7.44. The molecule has 1 fully saturated rings. The maximum absolute atomic E-state index is 13.2. The average molecular weight is 330 g/mol. The Bertz CT molecular complexity index is 870. The van der Waals surface area contributed by atoms with E-state index < -0.39 is 0 Å². The number of nitrogens with zero attached hydrogens (tertiary/aromatic N) is 2. The van der Waals surface area contributed by atoms with Gasteiger partial charge in [0.15, 0.2) is 0 Å². The Morgan fingerprint density at radius 2 is 2.00 bits per heavy atom. The highest BCUT2D eigenvalue weighted by Gasteiger charge is 2.38. The van der Waals surface area contributed by atoms with E-state index in [1.165, 1.54) is 23.1 Å². The monoisotopic (exact) mass is 330 g/mol.